The fourth-order valence-corrected chi connectivity index (χ4v) is 2.47. The van der Waals surface area contributed by atoms with E-state index in [9.17, 15) is 0 Å². The maximum atomic E-state index is 3.66. The van der Waals surface area contributed by atoms with Crippen molar-refractivity contribution in [2.75, 3.05) is 13.6 Å². The average molecular weight is 228 g/mol. The molecule has 0 fully saturated rings. The van der Waals surface area contributed by atoms with Gasteiger partial charge in [-0.05, 0) is 46.2 Å². The normalized spacial score (nSPS) is 15.8. The molecule has 2 unspecified atom stereocenters. The number of hydrogen-bond donors (Lipinski definition) is 1. The summed E-state index contributed by atoms with van der Waals surface area (Å²) >= 11 is 0. The van der Waals surface area contributed by atoms with Gasteiger partial charge in [-0.1, -0.05) is 27.7 Å². The molecule has 0 aliphatic carbocycles. The molecule has 2 nitrogen and oxygen atoms in total. The predicted molar refractivity (Wildman–Crippen MR) is 74.0 cm³/mol. The molecule has 0 radical (unpaired) electrons. The smallest absolute Gasteiger partial charge is 0.0220 e. The quantitative estimate of drug-likeness (QED) is 0.651. The van der Waals surface area contributed by atoms with Gasteiger partial charge in [0.25, 0.3) is 0 Å². The van der Waals surface area contributed by atoms with Crippen LogP contribution >= 0.6 is 0 Å². The highest BCUT2D eigenvalue weighted by Crippen LogP contribution is 2.14. The molecule has 0 aromatic heterocycles. The van der Waals surface area contributed by atoms with E-state index in [2.05, 4.69) is 51.9 Å². The van der Waals surface area contributed by atoms with E-state index >= 15 is 0 Å². The van der Waals surface area contributed by atoms with Gasteiger partial charge in [0.15, 0.2) is 0 Å². The van der Waals surface area contributed by atoms with E-state index in [-0.39, 0.29) is 0 Å². The molecule has 0 heterocycles. The fraction of sp³-hybridized carbons (Fsp3) is 1.00. The second kappa shape index (κ2) is 9.00. The first-order valence-corrected chi connectivity index (χ1v) is 7.07. The predicted octanol–water partition coefficient (Wildman–Crippen LogP) is 3.27. The Bertz CT molecular complexity index is 155. The summed E-state index contributed by atoms with van der Waals surface area (Å²) in [7, 11) is 2.28. The lowest BCUT2D eigenvalue weighted by Gasteiger charge is -2.37. The van der Waals surface area contributed by atoms with Crippen molar-refractivity contribution in [2.24, 2.45) is 0 Å². The molecule has 98 valence electrons. The Balaban J connectivity index is 4.29. The van der Waals surface area contributed by atoms with E-state index in [1.54, 1.807) is 0 Å². The van der Waals surface area contributed by atoms with E-state index in [1.807, 2.05) is 0 Å². The van der Waals surface area contributed by atoms with Crippen LogP contribution in [0.25, 0.3) is 0 Å². The maximum absolute atomic E-state index is 3.66. The first-order chi connectivity index (χ1) is 7.62. The molecule has 0 bridgehead atoms. The Hall–Kier alpha value is -0.0800. The van der Waals surface area contributed by atoms with Crippen molar-refractivity contribution in [3.8, 4) is 0 Å². The monoisotopic (exact) mass is 228 g/mol. The Morgan fingerprint density at radius 1 is 1.00 bits per heavy atom. The number of rotatable bonds is 9. The van der Waals surface area contributed by atoms with Crippen LogP contribution in [-0.4, -0.2) is 36.6 Å². The average Bonchev–Trinajstić information content (AvgIpc) is 2.31. The third kappa shape index (κ3) is 4.84. The standard InChI is InChI=1S/C14H32N2/c1-7-11-15-14(10-4)12(5)16(6)13(8-2)9-3/h12-15H,7-11H2,1-6H3. The minimum Gasteiger partial charge on any atom is -0.312 e. The zero-order chi connectivity index (χ0) is 12.6. The Morgan fingerprint density at radius 2 is 1.56 bits per heavy atom. The molecule has 0 aliphatic heterocycles. The van der Waals surface area contributed by atoms with Gasteiger partial charge in [-0.15, -0.1) is 0 Å². The van der Waals surface area contributed by atoms with Crippen molar-refractivity contribution in [3.63, 3.8) is 0 Å². The highest BCUT2D eigenvalue weighted by molar-refractivity contribution is 4.81. The molecule has 0 aliphatic rings. The van der Waals surface area contributed by atoms with Crippen LogP contribution in [0.3, 0.4) is 0 Å². The highest BCUT2D eigenvalue weighted by Gasteiger charge is 2.22. The summed E-state index contributed by atoms with van der Waals surface area (Å²) in [5.41, 5.74) is 0. The summed E-state index contributed by atoms with van der Waals surface area (Å²) in [5, 5.41) is 3.66. The van der Waals surface area contributed by atoms with Gasteiger partial charge >= 0.3 is 0 Å². The maximum Gasteiger partial charge on any atom is 0.0220 e. The third-order valence-electron chi connectivity index (χ3n) is 3.84. The van der Waals surface area contributed by atoms with Crippen LogP contribution in [0.1, 0.15) is 60.3 Å². The molecular weight excluding hydrogens is 196 g/mol. The van der Waals surface area contributed by atoms with E-state index in [0.29, 0.717) is 12.1 Å². The molecule has 16 heavy (non-hydrogen) atoms. The lowest BCUT2D eigenvalue weighted by molar-refractivity contribution is 0.139. The van der Waals surface area contributed by atoms with Crippen molar-refractivity contribution < 1.29 is 0 Å². The molecule has 2 atom stereocenters. The van der Waals surface area contributed by atoms with Gasteiger partial charge < -0.3 is 5.32 Å². The molecule has 0 saturated heterocycles. The summed E-state index contributed by atoms with van der Waals surface area (Å²) in [6, 6.07) is 1.99. The molecule has 0 spiro atoms. The summed E-state index contributed by atoms with van der Waals surface area (Å²) in [6.07, 6.45) is 4.94. The van der Waals surface area contributed by atoms with Crippen LogP contribution in [0.15, 0.2) is 0 Å². The summed E-state index contributed by atoms with van der Waals surface area (Å²) in [5.74, 6) is 0. The Labute approximate surface area is 103 Å². The second-order valence-corrected chi connectivity index (χ2v) is 4.85. The topological polar surface area (TPSA) is 15.3 Å². The van der Waals surface area contributed by atoms with Crippen LogP contribution in [0.4, 0.5) is 0 Å². The number of hydrogen-bond acceptors (Lipinski definition) is 2. The Kier molecular flexibility index (Phi) is 8.96. The fourth-order valence-electron chi connectivity index (χ4n) is 2.47. The van der Waals surface area contributed by atoms with E-state index in [0.717, 1.165) is 12.6 Å². The zero-order valence-corrected chi connectivity index (χ0v) is 12.2. The number of nitrogens with one attached hydrogen (secondary N) is 1. The van der Waals surface area contributed by atoms with Crippen molar-refractivity contribution >= 4 is 0 Å². The minimum absolute atomic E-state index is 0.626. The molecule has 0 aromatic rings. The van der Waals surface area contributed by atoms with Gasteiger partial charge in [-0.3, -0.25) is 4.90 Å². The SMILES string of the molecule is CCCNC(CC)C(C)N(C)C(CC)CC. The van der Waals surface area contributed by atoms with Crippen LogP contribution < -0.4 is 5.32 Å². The molecule has 0 aromatic carbocycles. The molecule has 1 N–H and O–H groups in total. The molecule has 0 amide bonds. The third-order valence-corrected chi connectivity index (χ3v) is 3.84. The first kappa shape index (κ1) is 15.9. The highest BCUT2D eigenvalue weighted by atomic mass is 15.2. The number of nitrogens with zero attached hydrogens (tertiary/aromatic N) is 1. The Morgan fingerprint density at radius 3 is 1.94 bits per heavy atom. The molecule has 0 rings (SSSR count). The lowest BCUT2D eigenvalue weighted by Crippen LogP contribution is -2.50. The summed E-state index contributed by atoms with van der Waals surface area (Å²) in [4.78, 5) is 2.55. The first-order valence-electron chi connectivity index (χ1n) is 7.07. The van der Waals surface area contributed by atoms with Gasteiger partial charge in [-0.2, -0.15) is 0 Å². The van der Waals surface area contributed by atoms with E-state index in [1.165, 1.54) is 25.7 Å². The van der Waals surface area contributed by atoms with Gasteiger partial charge in [0.1, 0.15) is 0 Å². The zero-order valence-electron chi connectivity index (χ0n) is 12.2. The molecular formula is C14H32N2. The van der Waals surface area contributed by atoms with Crippen LogP contribution in [-0.2, 0) is 0 Å². The molecule has 0 saturated carbocycles. The second-order valence-electron chi connectivity index (χ2n) is 4.85. The minimum atomic E-state index is 0.626. The van der Waals surface area contributed by atoms with Crippen molar-refractivity contribution in [1.82, 2.24) is 10.2 Å². The van der Waals surface area contributed by atoms with Gasteiger partial charge in [-0.25, -0.2) is 0 Å². The van der Waals surface area contributed by atoms with Crippen molar-refractivity contribution in [1.29, 1.82) is 0 Å². The van der Waals surface area contributed by atoms with Gasteiger partial charge in [0, 0.05) is 18.1 Å². The van der Waals surface area contributed by atoms with Crippen LogP contribution in [0, 0.1) is 0 Å². The van der Waals surface area contributed by atoms with Crippen molar-refractivity contribution in [3.05, 3.63) is 0 Å². The van der Waals surface area contributed by atoms with Gasteiger partial charge in [0.2, 0.25) is 0 Å². The van der Waals surface area contributed by atoms with Crippen LogP contribution in [0.5, 0.6) is 0 Å². The van der Waals surface area contributed by atoms with Gasteiger partial charge in [0.05, 0.1) is 0 Å². The lowest BCUT2D eigenvalue weighted by atomic mass is 10.0. The largest absolute Gasteiger partial charge is 0.312 e. The van der Waals surface area contributed by atoms with E-state index in [4.69, 9.17) is 0 Å². The van der Waals surface area contributed by atoms with E-state index < -0.39 is 0 Å². The number of likely N-dealkylation sites (N-methyl/N-ethyl adjacent to an activating group) is 1. The molecule has 2 heteroatoms. The van der Waals surface area contributed by atoms with Crippen LogP contribution in [0.2, 0.25) is 0 Å². The summed E-state index contributed by atoms with van der Waals surface area (Å²) in [6.45, 7) is 12.6. The van der Waals surface area contributed by atoms with Crippen molar-refractivity contribution in [2.45, 2.75) is 78.4 Å². The summed E-state index contributed by atoms with van der Waals surface area (Å²) < 4.78 is 0.